The highest BCUT2D eigenvalue weighted by Crippen LogP contribution is 2.39. The first-order chi connectivity index (χ1) is 12.0. The minimum atomic E-state index is -0.913. The van der Waals surface area contributed by atoms with Crippen LogP contribution in [0.4, 0.5) is 4.39 Å². The molecule has 0 saturated carbocycles. The summed E-state index contributed by atoms with van der Waals surface area (Å²) in [7, 11) is 0. The number of halogens is 1. The van der Waals surface area contributed by atoms with Crippen molar-refractivity contribution >= 4 is 11.0 Å². The Morgan fingerprint density at radius 1 is 1.16 bits per heavy atom. The van der Waals surface area contributed by atoms with Crippen molar-refractivity contribution in [3.05, 3.63) is 48.2 Å². The molecule has 3 aromatic heterocycles. The largest absolute Gasteiger partial charge is 0.384 e. The molecule has 3 atom stereocenters. The molecule has 3 aromatic rings. The van der Waals surface area contributed by atoms with Gasteiger partial charge in [0.15, 0.2) is 5.82 Å². The van der Waals surface area contributed by atoms with Gasteiger partial charge in [-0.2, -0.15) is 0 Å². The zero-order valence-electron chi connectivity index (χ0n) is 14.3. The third-order valence-electron chi connectivity index (χ3n) is 5.43. The van der Waals surface area contributed by atoms with Gasteiger partial charge in [-0.05, 0) is 12.1 Å². The first-order valence-electron chi connectivity index (χ1n) is 8.53. The molecule has 1 aliphatic rings. The van der Waals surface area contributed by atoms with Gasteiger partial charge in [-0.3, -0.25) is 4.98 Å². The lowest BCUT2D eigenvalue weighted by molar-refractivity contribution is -0.0809. The molecule has 0 unspecified atom stereocenters. The number of aromatic amines is 1. The van der Waals surface area contributed by atoms with Crippen molar-refractivity contribution in [2.24, 2.45) is 11.8 Å². The van der Waals surface area contributed by atoms with Crippen molar-refractivity contribution in [3.63, 3.8) is 0 Å². The van der Waals surface area contributed by atoms with Gasteiger partial charge in [0.05, 0.1) is 16.7 Å². The average Bonchev–Trinajstić information content (AvgIpc) is 3.01. The van der Waals surface area contributed by atoms with Crippen LogP contribution in [-0.2, 0) is 5.60 Å². The van der Waals surface area contributed by atoms with Crippen molar-refractivity contribution < 1.29 is 9.50 Å². The first-order valence-corrected chi connectivity index (χ1v) is 8.53. The fourth-order valence-electron chi connectivity index (χ4n) is 3.90. The van der Waals surface area contributed by atoms with E-state index in [0.717, 1.165) is 18.7 Å². The normalized spacial score (nSPS) is 26.9. The van der Waals surface area contributed by atoms with Gasteiger partial charge in [-0.15, -0.1) is 0 Å². The van der Waals surface area contributed by atoms with Crippen molar-refractivity contribution in [1.29, 1.82) is 0 Å². The molecule has 4 rings (SSSR count). The predicted molar refractivity (Wildman–Crippen MR) is 94.4 cm³/mol. The van der Waals surface area contributed by atoms with Gasteiger partial charge in [0.25, 0.3) is 0 Å². The molecule has 0 bridgehead atoms. The van der Waals surface area contributed by atoms with E-state index in [0.29, 0.717) is 22.3 Å². The second kappa shape index (κ2) is 5.89. The molecular weight excluding hydrogens is 319 g/mol. The fourth-order valence-corrected chi connectivity index (χ4v) is 3.90. The number of rotatable bonds is 2. The molecule has 1 fully saturated rings. The maximum absolute atomic E-state index is 14.1. The summed E-state index contributed by atoms with van der Waals surface area (Å²) in [6.45, 7) is 5.61. The van der Waals surface area contributed by atoms with Crippen LogP contribution in [0.15, 0.2) is 36.8 Å². The Morgan fingerprint density at radius 3 is 2.60 bits per heavy atom. The minimum Gasteiger partial charge on any atom is -0.384 e. The summed E-state index contributed by atoms with van der Waals surface area (Å²) in [4.78, 5) is 11.5. The highest BCUT2D eigenvalue weighted by atomic mass is 19.1. The number of nitrogens with zero attached hydrogens (tertiary/aromatic N) is 2. The molecule has 5 nitrogen and oxygen atoms in total. The Kier molecular flexibility index (Phi) is 3.81. The van der Waals surface area contributed by atoms with Crippen LogP contribution < -0.4 is 5.32 Å². The number of fused-ring (bicyclic) bond motifs is 1. The summed E-state index contributed by atoms with van der Waals surface area (Å²) < 4.78 is 14.1. The quantitative estimate of drug-likeness (QED) is 0.671. The van der Waals surface area contributed by atoms with Gasteiger partial charge in [0.2, 0.25) is 0 Å². The van der Waals surface area contributed by atoms with E-state index in [1.54, 1.807) is 18.5 Å². The molecule has 4 heterocycles. The van der Waals surface area contributed by atoms with E-state index in [4.69, 9.17) is 0 Å². The lowest BCUT2D eigenvalue weighted by Crippen LogP contribution is -2.52. The molecule has 6 heteroatoms. The predicted octanol–water partition coefficient (Wildman–Crippen LogP) is 2.83. The van der Waals surface area contributed by atoms with Crippen LogP contribution in [0.3, 0.4) is 0 Å². The molecule has 1 aliphatic heterocycles. The Morgan fingerprint density at radius 2 is 1.92 bits per heavy atom. The maximum Gasteiger partial charge on any atom is 0.150 e. The molecule has 25 heavy (non-hydrogen) atoms. The molecule has 0 radical (unpaired) electrons. The average molecular weight is 340 g/mol. The Hall–Kier alpha value is -2.31. The third-order valence-corrected chi connectivity index (χ3v) is 5.43. The topological polar surface area (TPSA) is 73.8 Å². The summed E-state index contributed by atoms with van der Waals surface area (Å²) in [5.41, 5.74) is 1.74. The van der Waals surface area contributed by atoms with Gasteiger partial charge in [-0.25, -0.2) is 9.37 Å². The minimum absolute atomic E-state index is 0.0821. The van der Waals surface area contributed by atoms with Crippen LogP contribution in [0.25, 0.3) is 22.3 Å². The number of nitrogens with one attached hydrogen (secondary N) is 2. The van der Waals surface area contributed by atoms with Crippen LogP contribution >= 0.6 is 0 Å². The molecule has 0 amide bonds. The van der Waals surface area contributed by atoms with Crippen molar-refractivity contribution in [1.82, 2.24) is 20.3 Å². The number of aromatic nitrogens is 3. The standard InChI is InChI=1S/C19H21FN4O/c1-11-7-21-8-12(2)19(11,25)13-3-4-16(23-9-13)14-5-6-22-18-17(14)15(20)10-24-18/h3-6,9-12,21,25H,7-8H2,1-2H3,(H,22,24)/t11-,12+,19-. The summed E-state index contributed by atoms with van der Waals surface area (Å²) in [6.07, 6.45) is 4.65. The molecule has 1 saturated heterocycles. The second-order valence-corrected chi connectivity index (χ2v) is 6.94. The number of H-pyrrole nitrogens is 1. The van der Waals surface area contributed by atoms with E-state index in [1.807, 2.05) is 26.0 Å². The van der Waals surface area contributed by atoms with Gasteiger partial charge < -0.3 is 15.4 Å². The zero-order valence-corrected chi connectivity index (χ0v) is 14.3. The SMILES string of the molecule is C[C@@H]1CNC[C@H](C)[C@@]1(O)c1ccc(-c2ccnc3[nH]cc(F)c23)nc1. The highest BCUT2D eigenvalue weighted by molar-refractivity contribution is 5.92. The summed E-state index contributed by atoms with van der Waals surface area (Å²) in [5.74, 6) is -0.180. The number of pyridine rings is 2. The Labute approximate surface area is 145 Å². The van der Waals surface area contributed by atoms with E-state index in [2.05, 4.69) is 20.3 Å². The van der Waals surface area contributed by atoms with Crippen molar-refractivity contribution in [2.75, 3.05) is 13.1 Å². The van der Waals surface area contributed by atoms with E-state index in [-0.39, 0.29) is 17.7 Å². The molecular formula is C19H21FN4O. The Balaban J connectivity index is 1.76. The first kappa shape index (κ1) is 16.2. The van der Waals surface area contributed by atoms with Crippen molar-refractivity contribution in [3.8, 4) is 11.3 Å². The fraction of sp³-hybridized carbons (Fsp3) is 0.368. The van der Waals surface area contributed by atoms with Gasteiger partial charge >= 0.3 is 0 Å². The van der Waals surface area contributed by atoms with Crippen LogP contribution in [-0.4, -0.2) is 33.1 Å². The third kappa shape index (κ3) is 2.44. The second-order valence-electron chi connectivity index (χ2n) is 6.94. The zero-order chi connectivity index (χ0) is 17.6. The van der Waals surface area contributed by atoms with Crippen molar-refractivity contribution in [2.45, 2.75) is 19.4 Å². The van der Waals surface area contributed by atoms with E-state index in [1.165, 1.54) is 6.20 Å². The molecule has 3 N–H and O–H groups in total. The number of hydrogen-bond acceptors (Lipinski definition) is 4. The molecule has 130 valence electrons. The van der Waals surface area contributed by atoms with Gasteiger partial charge in [0, 0.05) is 54.6 Å². The monoisotopic (exact) mass is 340 g/mol. The summed E-state index contributed by atoms with van der Waals surface area (Å²) >= 11 is 0. The van der Waals surface area contributed by atoms with E-state index in [9.17, 15) is 9.50 Å². The lowest BCUT2D eigenvalue weighted by atomic mass is 9.72. The van der Waals surface area contributed by atoms with E-state index >= 15 is 0 Å². The van der Waals surface area contributed by atoms with Crippen LogP contribution in [0.2, 0.25) is 0 Å². The van der Waals surface area contributed by atoms with Crippen LogP contribution in [0, 0.1) is 17.7 Å². The van der Waals surface area contributed by atoms with E-state index < -0.39 is 5.60 Å². The molecule has 0 spiro atoms. The molecule has 0 aliphatic carbocycles. The number of aliphatic hydroxyl groups is 1. The van der Waals surface area contributed by atoms with Gasteiger partial charge in [0.1, 0.15) is 5.65 Å². The van der Waals surface area contributed by atoms with Crippen LogP contribution in [0.5, 0.6) is 0 Å². The summed E-state index contributed by atoms with van der Waals surface area (Å²) in [6, 6.07) is 5.50. The van der Waals surface area contributed by atoms with Gasteiger partial charge in [-0.1, -0.05) is 19.9 Å². The smallest absolute Gasteiger partial charge is 0.150 e. The van der Waals surface area contributed by atoms with Crippen LogP contribution in [0.1, 0.15) is 19.4 Å². The Bertz CT molecular complexity index is 895. The summed E-state index contributed by atoms with van der Waals surface area (Å²) in [5, 5.41) is 15.0. The molecule has 0 aromatic carbocycles. The highest BCUT2D eigenvalue weighted by Gasteiger charge is 2.43. The maximum atomic E-state index is 14.1. The number of piperidine rings is 1. The number of hydrogen-bond donors (Lipinski definition) is 3. The lowest BCUT2D eigenvalue weighted by Gasteiger charge is -2.43.